The molecule has 0 aliphatic carbocycles. The normalized spacial score (nSPS) is 12.9. The van der Waals surface area contributed by atoms with Gasteiger partial charge in [-0.05, 0) is 63.4 Å². The van der Waals surface area contributed by atoms with Gasteiger partial charge in [-0.2, -0.15) is 0 Å². The zero-order valence-corrected chi connectivity index (χ0v) is 19.3. The lowest BCUT2D eigenvalue weighted by Gasteiger charge is -2.30. The lowest BCUT2D eigenvalue weighted by molar-refractivity contribution is 0.468. The minimum atomic E-state index is -3.06. The first-order valence-corrected chi connectivity index (χ1v) is 12.0. The SMILES string of the molecule is Cc1cc(C)cc(P(=O)(NC(c2ccccc2)C(C)C)c2cc(C)cc(C)c2)c1. The van der Waals surface area contributed by atoms with E-state index in [1.165, 1.54) is 0 Å². The molecule has 1 atom stereocenters. The fourth-order valence-electron chi connectivity index (χ4n) is 4.03. The Morgan fingerprint density at radius 2 is 1.10 bits per heavy atom. The first kappa shape index (κ1) is 21.6. The smallest absolute Gasteiger partial charge is 0.205 e. The van der Waals surface area contributed by atoms with E-state index in [9.17, 15) is 4.57 Å². The summed E-state index contributed by atoms with van der Waals surface area (Å²) in [5.74, 6) is 0.294. The summed E-state index contributed by atoms with van der Waals surface area (Å²) in [5.41, 5.74) is 5.69. The molecule has 0 radical (unpaired) electrons. The zero-order chi connectivity index (χ0) is 21.2. The number of aryl methyl sites for hydroxylation is 4. The minimum absolute atomic E-state index is 0.0105. The third-order valence-corrected chi connectivity index (χ3v) is 7.90. The maximum Gasteiger partial charge on any atom is 0.205 e. The van der Waals surface area contributed by atoms with E-state index >= 15 is 0 Å². The van der Waals surface area contributed by atoms with Crippen LogP contribution in [0.3, 0.4) is 0 Å². The third-order valence-electron chi connectivity index (χ3n) is 5.29. The van der Waals surface area contributed by atoms with Crippen molar-refractivity contribution in [3.05, 3.63) is 94.5 Å². The average Bonchev–Trinajstić information content (AvgIpc) is 2.65. The summed E-state index contributed by atoms with van der Waals surface area (Å²) in [4.78, 5) is 0. The van der Waals surface area contributed by atoms with Gasteiger partial charge in [0, 0.05) is 16.7 Å². The number of nitrogens with one attached hydrogen (secondary N) is 1. The second kappa shape index (κ2) is 8.69. The van der Waals surface area contributed by atoms with Crippen LogP contribution in [0.1, 0.15) is 47.7 Å². The van der Waals surface area contributed by atoms with Crippen LogP contribution < -0.4 is 15.7 Å². The van der Waals surface area contributed by atoms with Crippen molar-refractivity contribution >= 4 is 17.9 Å². The van der Waals surface area contributed by atoms with Crippen molar-refractivity contribution in [2.45, 2.75) is 47.6 Å². The lowest BCUT2D eigenvalue weighted by Crippen LogP contribution is -2.33. The number of hydrogen-bond acceptors (Lipinski definition) is 1. The fraction of sp³-hybridized carbons (Fsp3) is 0.308. The molecule has 3 aromatic carbocycles. The summed E-state index contributed by atoms with van der Waals surface area (Å²) >= 11 is 0. The van der Waals surface area contributed by atoms with Crippen LogP contribution in [0.5, 0.6) is 0 Å². The largest absolute Gasteiger partial charge is 0.297 e. The van der Waals surface area contributed by atoms with Gasteiger partial charge in [0.15, 0.2) is 0 Å². The quantitative estimate of drug-likeness (QED) is 0.499. The highest BCUT2D eigenvalue weighted by Crippen LogP contribution is 2.44. The maximum absolute atomic E-state index is 14.8. The van der Waals surface area contributed by atoms with Gasteiger partial charge in [0.25, 0.3) is 0 Å². The van der Waals surface area contributed by atoms with E-state index in [4.69, 9.17) is 0 Å². The van der Waals surface area contributed by atoms with Crippen molar-refractivity contribution in [2.75, 3.05) is 0 Å². The van der Waals surface area contributed by atoms with Gasteiger partial charge in [-0.1, -0.05) is 78.6 Å². The van der Waals surface area contributed by atoms with Gasteiger partial charge in [0.1, 0.15) is 0 Å². The minimum Gasteiger partial charge on any atom is -0.297 e. The van der Waals surface area contributed by atoms with Crippen LogP contribution in [-0.4, -0.2) is 0 Å². The molecule has 0 saturated heterocycles. The molecule has 1 N–H and O–H groups in total. The van der Waals surface area contributed by atoms with Crippen LogP contribution in [0.15, 0.2) is 66.7 Å². The first-order chi connectivity index (χ1) is 13.7. The molecule has 0 heterocycles. The Balaban J connectivity index is 2.20. The molecule has 2 nitrogen and oxygen atoms in total. The Bertz CT molecular complexity index is 944. The molecule has 0 amide bonds. The van der Waals surface area contributed by atoms with Gasteiger partial charge in [0.2, 0.25) is 7.29 Å². The van der Waals surface area contributed by atoms with Crippen LogP contribution >= 0.6 is 7.29 Å². The molecule has 0 bridgehead atoms. The lowest BCUT2D eigenvalue weighted by atomic mass is 9.97. The van der Waals surface area contributed by atoms with Gasteiger partial charge in [-0.3, -0.25) is 9.65 Å². The van der Waals surface area contributed by atoms with Gasteiger partial charge in [-0.25, -0.2) is 0 Å². The van der Waals surface area contributed by atoms with E-state index in [1.54, 1.807) is 0 Å². The molecule has 29 heavy (non-hydrogen) atoms. The monoisotopic (exact) mass is 405 g/mol. The molecule has 0 aliphatic heterocycles. The Labute approximate surface area is 175 Å². The molecule has 0 aromatic heterocycles. The van der Waals surface area contributed by atoms with Crippen LogP contribution in [0.25, 0.3) is 0 Å². The standard InChI is InChI=1S/C26H32NOP/c1-18(2)26(23-10-8-7-9-11-23)27-29(28,24-14-19(3)12-20(4)15-24)25-16-21(5)13-22(6)17-25/h7-18,26H,1-6H3,(H,27,28). The van der Waals surface area contributed by atoms with Gasteiger partial charge in [-0.15, -0.1) is 0 Å². The molecule has 0 saturated carbocycles. The van der Waals surface area contributed by atoms with Crippen LogP contribution in [0, 0.1) is 33.6 Å². The van der Waals surface area contributed by atoms with Crippen molar-refractivity contribution in [1.82, 2.24) is 5.09 Å². The predicted octanol–water partition coefficient (Wildman–Crippen LogP) is 6.14. The Morgan fingerprint density at radius 3 is 1.48 bits per heavy atom. The molecule has 3 rings (SSSR count). The van der Waals surface area contributed by atoms with E-state index in [2.05, 4.69) is 95.2 Å². The number of hydrogen-bond donors (Lipinski definition) is 1. The maximum atomic E-state index is 14.8. The van der Waals surface area contributed by atoms with Crippen molar-refractivity contribution in [2.24, 2.45) is 5.92 Å². The Morgan fingerprint density at radius 1 is 0.690 bits per heavy atom. The summed E-state index contributed by atoms with van der Waals surface area (Å²) in [6, 6.07) is 22.9. The Kier molecular flexibility index (Phi) is 6.46. The second-order valence-electron chi connectivity index (χ2n) is 8.56. The third kappa shape index (κ3) is 4.89. The highest BCUT2D eigenvalue weighted by Gasteiger charge is 2.32. The van der Waals surface area contributed by atoms with E-state index in [0.29, 0.717) is 5.92 Å². The van der Waals surface area contributed by atoms with Gasteiger partial charge < -0.3 is 0 Å². The fourth-order valence-corrected chi connectivity index (χ4v) is 7.00. The summed E-state index contributed by atoms with van der Waals surface area (Å²) in [6.07, 6.45) is 0. The van der Waals surface area contributed by atoms with Crippen LogP contribution in [-0.2, 0) is 4.57 Å². The molecular formula is C26H32NOP. The van der Waals surface area contributed by atoms with E-state index in [-0.39, 0.29) is 6.04 Å². The van der Waals surface area contributed by atoms with Crippen molar-refractivity contribution in [1.29, 1.82) is 0 Å². The molecule has 0 spiro atoms. The molecule has 0 fully saturated rings. The summed E-state index contributed by atoms with van der Waals surface area (Å²) in [7, 11) is -3.06. The first-order valence-electron chi connectivity index (χ1n) is 10.3. The molecule has 3 heteroatoms. The van der Waals surface area contributed by atoms with Crippen LogP contribution in [0.2, 0.25) is 0 Å². The van der Waals surface area contributed by atoms with Crippen LogP contribution in [0.4, 0.5) is 0 Å². The molecule has 1 unspecified atom stereocenters. The van der Waals surface area contributed by atoms with Gasteiger partial charge >= 0.3 is 0 Å². The van der Waals surface area contributed by atoms with Crippen molar-refractivity contribution in [3.63, 3.8) is 0 Å². The number of benzene rings is 3. The van der Waals surface area contributed by atoms with Crippen molar-refractivity contribution < 1.29 is 4.57 Å². The topological polar surface area (TPSA) is 29.1 Å². The average molecular weight is 406 g/mol. The van der Waals surface area contributed by atoms with E-state index in [1.807, 2.05) is 18.2 Å². The molecular weight excluding hydrogens is 373 g/mol. The number of rotatable bonds is 6. The molecule has 3 aromatic rings. The highest BCUT2D eigenvalue weighted by atomic mass is 31.2. The molecule has 0 aliphatic rings. The van der Waals surface area contributed by atoms with Crippen molar-refractivity contribution in [3.8, 4) is 0 Å². The molecule has 152 valence electrons. The summed E-state index contributed by atoms with van der Waals surface area (Å²) in [6.45, 7) is 12.6. The summed E-state index contributed by atoms with van der Waals surface area (Å²) < 4.78 is 14.8. The second-order valence-corrected chi connectivity index (χ2v) is 11.1. The van der Waals surface area contributed by atoms with Gasteiger partial charge in [0.05, 0.1) is 0 Å². The zero-order valence-electron chi connectivity index (χ0n) is 18.4. The predicted molar refractivity (Wildman–Crippen MR) is 126 cm³/mol. The summed E-state index contributed by atoms with van der Waals surface area (Å²) in [5, 5.41) is 5.40. The van der Waals surface area contributed by atoms with E-state index < -0.39 is 7.29 Å². The Hall–Kier alpha value is -2.15. The van der Waals surface area contributed by atoms with E-state index in [0.717, 1.165) is 38.4 Å². The highest BCUT2D eigenvalue weighted by molar-refractivity contribution is 7.76.